The first-order chi connectivity index (χ1) is 22.3. The van der Waals surface area contributed by atoms with Crippen molar-refractivity contribution in [2.75, 3.05) is 0 Å². The number of benzene rings is 6. The molecule has 3 aromatic heterocycles. The Balaban J connectivity index is 1.20. The van der Waals surface area contributed by atoms with Gasteiger partial charge in [-0.15, -0.1) is 11.3 Å². The molecule has 0 aliphatic heterocycles. The molecule has 1 unspecified atom stereocenters. The van der Waals surface area contributed by atoms with Crippen molar-refractivity contribution in [1.82, 2.24) is 4.57 Å². The summed E-state index contributed by atoms with van der Waals surface area (Å²) in [5.41, 5.74) is 9.33. The van der Waals surface area contributed by atoms with Gasteiger partial charge < -0.3 is 8.98 Å². The Morgan fingerprint density at radius 1 is 0.600 bits per heavy atom. The van der Waals surface area contributed by atoms with Crippen LogP contribution < -0.4 is 0 Å². The maximum absolute atomic E-state index is 6.99. The van der Waals surface area contributed by atoms with Gasteiger partial charge in [-0.2, -0.15) is 0 Å². The van der Waals surface area contributed by atoms with E-state index in [1.165, 1.54) is 75.1 Å². The molecule has 45 heavy (non-hydrogen) atoms. The Hall–Kier alpha value is -5.38. The van der Waals surface area contributed by atoms with Crippen LogP contribution in [0.25, 0.3) is 75.2 Å². The quantitative estimate of drug-likeness (QED) is 0.199. The van der Waals surface area contributed by atoms with Crippen molar-refractivity contribution < 1.29 is 4.42 Å². The van der Waals surface area contributed by atoms with Crippen molar-refractivity contribution >= 4 is 80.8 Å². The highest BCUT2D eigenvalue weighted by Crippen LogP contribution is 2.45. The van der Waals surface area contributed by atoms with Crippen molar-refractivity contribution in [3.63, 3.8) is 0 Å². The molecule has 0 spiro atoms. The lowest BCUT2D eigenvalue weighted by Crippen LogP contribution is -1.99. The summed E-state index contributed by atoms with van der Waals surface area (Å²) in [7, 11) is 0. The Morgan fingerprint density at radius 3 is 2.24 bits per heavy atom. The van der Waals surface area contributed by atoms with Gasteiger partial charge in [0.2, 0.25) is 0 Å². The number of aromatic nitrogens is 1. The molecule has 3 heteroatoms. The van der Waals surface area contributed by atoms with E-state index in [0.29, 0.717) is 0 Å². The summed E-state index contributed by atoms with van der Waals surface area (Å²) in [4.78, 5) is 0. The van der Waals surface area contributed by atoms with E-state index in [2.05, 4.69) is 150 Å². The minimum absolute atomic E-state index is 0.268. The highest BCUT2D eigenvalue weighted by Gasteiger charge is 2.23. The summed E-state index contributed by atoms with van der Waals surface area (Å²) in [6.07, 6.45) is 7.93. The van der Waals surface area contributed by atoms with Crippen LogP contribution in [0.3, 0.4) is 0 Å². The molecule has 0 N–H and O–H groups in total. The molecule has 212 valence electrons. The van der Waals surface area contributed by atoms with Gasteiger partial charge in [-0.05, 0) is 47.9 Å². The van der Waals surface area contributed by atoms with Gasteiger partial charge in [0.1, 0.15) is 11.2 Å². The highest BCUT2D eigenvalue weighted by molar-refractivity contribution is 7.26. The zero-order valence-electron chi connectivity index (χ0n) is 24.4. The number of thiophene rings is 1. The summed E-state index contributed by atoms with van der Waals surface area (Å²) >= 11 is 1.87. The van der Waals surface area contributed by atoms with Crippen LogP contribution in [0.5, 0.6) is 0 Å². The molecule has 1 aliphatic rings. The van der Waals surface area contributed by atoms with E-state index in [1.54, 1.807) is 0 Å². The minimum Gasteiger partial charge on any atom is -0.455 e. The predicted octanol–water partition coefficient (Wildman–Crippen LogP) is 12.2. The zero-order chi connectivity index (χ0) is 29.5. The second-order valence-electron chi connectivity index (χ2n) is 12.0. The van der Waals surface area contributed by atoms with Gasteiger partial charge in [0.25, 0.3) is 0 Å². The molecule has 0 radical (unpaired) electrons. The summed E-state index contributed by atoms with van der Waals surface area (Å²) in [5, 5.41) is 7.36. The molecular formula is C42H27NOS. The second kappa shape index (κ2) is 9.56. The Labute approximate surface area is 263 Å². The van der Waals surface area contributed by atoms with Gasteiger partial charge in [-0.3, -0.25) is 0 Å². The van der Waals surface area contributed by atoms with Crippen molar-refractivity contribution in [3.8, 4) is 5.69 Å². The molecule has 1 atom stereocenters. The first kappa shape index (κ1) is 25.0. The van der Waals surface area contributed by atoms with Crippen LogP contribution in [0, 0.1) is 0 Å². The van der Waals surface area contributed by atoms with Crippen LogP contribution in [-0.2, 0) is 0 Å². The van der Waals surface area contributed by atoms with Crippen molar-refractivity contribution in [2.24, 2.45) is 0 Å². The average Bonchev–Trinajstić information content (AvgIpc) is 3.78. The molecule has 3 heterocycles. The molecule has 1 aliphatic carbocycles. The smallest absolute Gasteiger partial charge is 0.145 e. The number of para-hydroxylation sites is 2. The van der Waals surface area contributed by atoms with E-state index in [0.717, 1.165) is 17.6 Å². The Kier molecular flexibility index (Phi) is 5.31. The molecule has 0 amide bonds. The summed E-state index contributed by atoms with van der Waals surface area (Å²) in [6.45, 7) is 0. The molecule has 10 rings (SSSR count). The van der Waals surface area contributed by atoms with Gasteiger partial charge in [-0.1, -0.05) is 115 Å². The third-order valence-electron chi connectivity index (χ3n) is 9.56. The standard InChI is InChI=1S/C42H27NOS/c1-2-10-26(11-3-1)27-20-22-28(23-21-27)29-14-8-15-31-32-24-25-36-39(41(32)44-40(29)31)34-13-4-6-17-35(34)43(36)37-18-9-16-33-30-12-5-7-19-38(30)45-42(33)37/h1-22,24-25,28H,23H2. The highest BCUT2D eigenvalue weighted by atomic mass is 32.1. The first-order valence-corrected chi connectivity index (χ1v) is 16.4. The fourth-order valence-corrected chi connectivity index (χ4v) is 8.69. The predicted molar refractivity (Wildman–Crippen MR) is 192 cm³/mol. The third-order valence-corrected chi connectivity index (χ3v) is 10.8. The van der Waals surface area contributed by atoms with Gasteiger partial charge in [0, 0.05) is 43.1 Å². The van der Waals surface area contributed by atoms with Crippen LogP contribution in [0.15, 0.2) is 150 Å². The van der Waals surface area contributed by atoms with E-state index >= 15 is 0 Å². The lowest BCUT2D eigenvalue weighted by Gasteiger charge is -2.17. The number of allylic oxidation sites excluding steroid dienone is 4. The molecular weight excluding hydrogens is 567 g/mol. The maximum Gasteiger partial charge on any atom is 0.145 e. The van der Waals surface area contributed by atoms with Crippen molar-refractivity contribution in [3.05, 3.63) is 157 Å². The van der Waals surface area contributed by atoms with E-state index in [4.69, 9.17) is 4.42 Å². The molecule has 0 saturated carbocycles. The van der Waals surface area contributed by atoms with Crippen LogP contribution in [-0.4, -0.2) is 4.57 Å². The normalized spacial score (nSPS) is 15.3. The monoisotopic (exact) mass is 593 g/mol. The molecule has 2 nitrogen and oxygen atoms in total. The van der Waals surface area contributed by atoms with Gasteiger partial charge >= 0.3 is 0 Å². The average molecular weight is 594 g/mol. The minimum atomic E-state index is 0.268. The van der Waals surface area contributed by atoms with Gasteiger partial charge in [0.15, 0.2) is 0 Å². The number of rotatable bonds is 3. The van der Waals surface area contributed by atoms with Gasteiger partial charge in [0.05, 0.1) is 26.8 Å². The number of fused-ring (bicyclic) bond motifs is 10. The van der Waals surface area contributed by atoms with E-state index in [9.17, 15) is 0 Å². The molecule has 0 fully saturated rings. The van der Waals surface area contributed by atoms with Gasteiger partial charge in [-0.25, -0.2) is 0 Å². The van der Waals surface area contributed by atoms with Crippen molar-refractivity contribution in [1.29, 1.82) is 0 Å². The molecule has 6 aromatic carbocycles. The molecule has 0 bridgehead atoms. The number of furan rings is 1. The largest absolute Gasteiger partial charge is 0.455 e. The topological polar surface area (TPSA) is 18.1 Å². The summed E-state index contributed by atoms with van der Waals surface area (Å²) in [5.74, 6) is 0.268. The fourth-order valence-electron chi connectivity index (χ4n) is 7.49. The fraction of sp³-hybridized carbons (Fsp3) is 0.0476. The van der Waals surface area contributed by atoms with E-state index in [1.807, 2.05) is 11.3 Å². The number of hydrogen-bond acceptors (Lipinski definition) is 2. The summed E-state index contributed by atoms with van der Waals surface area (Å²) < 4.78 is 12.1. The lowest BCUT2D eigenvalue weighted by molar-refractivity contribution is 0.661. The van der Waals surface area contributed by atoms with Crippen molar-refractivity contribution in [2.45, 2.75) is 12.3 Å². The van der Waals surface area contributed by atoms with Crippen LogP contribution in [0.1, 0.15) is 23.5 Å². The Bertz CT molecular complexity index is 2680. The zero-order valence-corrected chi connectivity index (χ0v) is 25.2. The SMILES string of the molecule is C1=CC(c2cccc3c2oc2c3ccc3c2c2ccccc2n3-c2cccc3c2sc2ccccc23)CC=C1c1ccccc1. The van der Waals surface area contributed by atoms with E-state index < -0.39 is 0 Å². The van der Waals surface area contributed by atoms with E-state index in [-0.39, 0.29) is 5.92 Å². The number of nitrogens with zero attached hydrogens (tertiary/aromatic N) is 1. The van der Waals surface area contributed by atoms with Crippen LogP contribution >= 0.6 is 11.3 Å². The Morgan fingerprint density at radius 2 is 1.36 bits per heavy atom. The number of hydrogen-bond donors (Lipinski definition) is 0. The molecule has 0 saturated heterocycles. The second-order valence-corrected chi connectivity index (χ2v) is 13.0. The maximum atomic E-state index is 6.99. The summed E-state index contributed by atoms with van der Waals surface area (Å²) in [6, 6.07) is 46.0. The van der Waals surface area contributed by atoms with Crippen LogP contribution in [0.4, 0.5) is 0 Å². The molecule has 9 aromatic rings. The third kappa shape index (κ3) is 3.62. The lowest BCUT2D eigenvalue weighted by atomic mass is 9.87. The first-order valence-electron chi connectivity index (χ1n) is 15.6. The van der Waals surface area contributed by atoms with Crippen LogP contribution in [0.2, 0.25) is 0 Å².